The summed E-state index contributed by atoms with van der Waals surface area (Å²) in [5, 5.41) is 0. The molecule has 2 nitrogen and oxygen atoms in total. The summed E-state index contributed by atoms with van der Waals surface area (Å²) in [6.07, 6.45) is 2.52. The van der Waals surface area contributed by atoms with Crippen molar-refractivity contribution in [2.45, 2.75) is 13.3 Å². The number of pyridine rings is 1. The van der Waals surface area contributed by atoms with Crippen LogP contribution in [0, 0.1) is 11.8 Å². The van der Waals surface area contributed by atoms with Crippen molar-refractivity contribution in [3.63, 3.8) is 0 Å². The van der Waals surface area contributed by atoms with Gasteiger partial charge in [0.15, 0.2) is 0 Å². The Bertz CT molecular complexity index is 294. The molecule has 56 valence electrons. The van der Waals surface area contributed by atoms with Crippen LogP contribution in [0.1, 0.15) is 19.0 Å². The summed E-state index contributed by atoms with van der Waals surface area (Å²) in [5.74, 6) is 5.79. The maximum Gasteiger partial charge on any atom is 0.136 e. The van der Waals surface area contributed by atoms with Gasteiger partial charge in [0.05, 0.1) is 5.69 Å². The Labute approximate surface area is 66.4 Å². The number of hydrogen-bond acceptors (Lipinski definition) is 2. The van der Waals surface area contributed by atoms with E-state index in [0.717, 1.165) is 6.42 Å². The smallest absolute Gasteiger partial charge is 0.136 e. The van der Waals surface area contributed by atoms with Gasteiger partial charge in [0.1, 0.15) is 5.69 Å². The fraction of sp³-hybridized carbons (Fsp3) is 0.222. The Morgan fingerprint density at radius 3 is 3.09 bits per heavy atom. The second kappa shape index (κ2) is 3.62. The molecule has 0 saturated heterocycles. The predicted molar refractivity (Wildman–Crippen MR) is 45.8 cm³/mol. The van der Waals surface area contributed by atoms with Crippen molar-refractivity contribution in [1.29, 1.82) is 0 Å². The zero-order valence-electron chi connectivity index (χ0n) is 6.46. The summed E-state index contributed by atoms with van der Waals surface area (Å²) in [6.45, 7) is 1.99. The molecule has 0 bridgehead atoms. The summed E-state index contributed by atoms with van der Waals surface area (Å²) < 4.78 is 0. The van der Waals surface area contributed by atoms with E-state index in [0.29, 0.717) is 11.4 Å². The molecule has 1 aromatic rings. The van der Waals surface area contributed by atoms with E-state index in [1.54, 1.807) is 18.3 Å². The normalized spacial score (nSPS) is 8.45. The predicted octanol–water partition coefficient (Wildman–Crippen LogP) is 1.43. The molecule has 0 aliphatic heterocycles. The van der Waals surface area contributed by atoms with Crippen LogP contribution in [0.4, 0.5) is 5.69 Å². The molecule has 2 heteroatoms. The molecule has 11 heavy (non-hydrogen) atoms. The molecule has 1 heterocycles. The summed E-state index contributed by atoms with van der Waals surface area (Å²) >= 11 is 0. The van der Waals surface area contributed by atoms with E-state index >= 15 is 0 Å². The van der Waals surface area contributed by atoms with Crippen LogP contribution in [0.15, 0.2) is 18.3 Å². The third-order valence-electron chi connectivity index (χ3n) is 1.22. The fourth-order valence-corrected chi connectivity index (χ4v) is 0.694. The van der Waals surface area contributed by atoms with Crippen LogP contribution >= 0.6 is 0 Å². The second-order valence-electron chi connectivity index (χ2n) is 2.10. The molecule has 2 N–H and O–H groups in total. The summed E-state index contributed by atoms with van der Waals surface area (Å²) in [7, 11) is 0. The largest absolute Gasteiger partial charge is 0.396 e. The van der Waals surface area contributed by atoms with Crippen LogP contribution < -0.4 is 5.73 Å². The van der Waals surface area contributed by atoms with Gasteiger partial charge in [-0.3, -0.25) is 0 Å². The summed E-state index contributed by atoms with van der Waals surface area (Å²) in [4.78, 5) is 4.02. The highest BCUT2D eigenvalue weighted by molar-refractivity contribution is 5.50. The van der Waals surface area contributed by atoms with E-state index in [2.05, 4.69) is 16.8 Å². The van der Waals surface area contributed by atoms with Crippen molar-refractivity contribution in [3.8, 4) is 11.8 Å². The van der Waals surface area contributed by atoms with E-state index in [1.165, 1.54) is 0 Å². The minimum atomic E-state index is 0.647. The molecule has 0 fully saturated rings. The number of nitrogens with two attached hydrogens (primary N) is 1. The van der Waals surface area contributed by atoms with Gasteiger partial charge in [0.2, 0.25) is 0 Å². The maximum atomic E-state index is 5.60. The second-order valence-corrected chi connectivity index (χ2v) is 2.10. The monoisotopic (exact) mass is 146 g/mol. The third-order valence-corrected chi connectivity index (χ3v) is 1.22. The van der Waals surface area contributed by atoms with Gasteiger partial charge in [-0.25, -0.2) is 4.98 Å². The lowest BCUT2D eigenvalue weighted by atomic mass is 10.3. The Hall–Kier alpha value is -1.49. The Kier molecular flexibility index (Phi) is 2.51. The van der Waals surface area contributed by atoms with Crippen LogP contribution in [0.2, 0.25) is 0 Å². The maximum absolute atomic E-state index is 5.60. The molecule has 1 rings (SSSR count). The van der Waals surface area contributed by atoms with Gasteiger partial charge >= 0.3 is 0 Å². The Morgan fingerprint density at radius 2 is 2.45 bits per heavy atom. The first-order valence-corrected chi connectivity index (χ1v) is 3.54. The number of rotatable bonds is 0. The van der Waals surface area contributed by atoms with Gasteiger partial charge in [-0.05, 0) is 18.1 Å². The molecule has 0 spiro atoms. The molecule has 0 aliphatic rings. The van der Waals surface area contributed by atoms with Crippen molar-refractivity contribution in [3.05, 3.63) is 24.0 Å². The average Bonchev–Trinajstić information content (AvgIpc) is 2.03. The lowest BCUT2D eigenvalue weighted by molar-refractivity contribution is 1.26. The molecule has 0 saturated carbocycles. The zero-order valence-corrected chi connectivity index (χ0v) is 6.46. The van der Waals surface area contributed by atoms with Gasteiger partial charge in [-0.15, -0.1) is 0 Å². The van der Waals surface area contributed by atoms with Crippen molar-refractivity contribution in [2.24, 2.45) is 0 Å². The van der Waals surface area contributed by atoms with Crippen molar-refractivity contribution in [2.75, 3.05) is 5.73 Å². The van der Waals surface area contributed by atoms with E-state index in [1.807, 2.05) is 6.92 Å². The van der Waals surface area contributed by atoms with Crippen molar-refractivity contribution < 1.29 is 0 Å². The number of aromatic nitrogens is 1. The molecule has 0 unspecified atom stereocenters. The minimum absolute atomic E-state index is 0.647. The standard InChI is InChI=1S/C9H10N2/c1-2-3-6-9-8(10)5-4-7-11-9/h4-5,7H,2,10H2,1H3. The van der Waals surface area contributed by atoms with Crippen LogP contribution in [0.25, 0.3) is 0 Å². The molecule has 0 aromatic carbocycles. The molecule has 0 aliphatic carbocycles. The third kappa shape index (κ3) is 1.98. The topological polar surface area (TPSA) is 38.9 Å². The molecule has 0 atom stereocenters. The average molecular weight is 146 g/mol. The van der Waals surface area contributed by atoms with Gasteiger partial charge < -0.3 is 5.73 Å². The lowest BCUT2D eigenvalue weighted by Gasteiger charge is -1.92. The van der Waals surface area contributed by atoms with Crippen LogP contribution in [0.3, 0.4) is 0 Å². The molecular formula is C9H10N2. The first kappa shape index (κ1) is 7.62. The van der Waals surface area contributed by atoms with Crippen LogP contribution in [-0.2, 0) is 0 Å². The SMILES string of the molecule is CCC#Cc1ncccc1N. The van der Waals surface area contributed by atoms with Crippen molar-refractivity contribution >= 4 is 5.69 Å². The van der Waals surface area contributed by atoms with E-state index in [4.69, 9.17) is 5.73 Å². The first-order valence-electron chi connectivity index (χ1n) is 3.54. The van der Waals surface area contributed by atoms with Crippen LogP contribution in [-0.4, -0.2) is 4.98 Å². The van der Waals surface area contributed by atoms with Gasteiger partial charge in [-0.1, -0.05) is 12.8 Å². The number of hydrogen-bond donors (Lipinski definition) is 1. The van der Waals surface area contributed by atoms with Crippen LogP contribution in [0.5, 0.6) is 0 Å². The highest BCUT2D eigenvalue weighted by Crippen LogP contribution is 2.03. The highest BCUT2D eigenvalue weighted by Gasteiger charge is 1.91. The first-order chi connectivity index (χ1) is 5.34. The quantitative estimate of drug-likeness (QED) is 0.562. The van der Waals surface area contributed by atoms with Gasteiger partial charge in [-0.2, -0.15) is 0 Å². The Morgan fingerprint density at radius 1 is 1.64 bits per heavy atom. The lowest BCUT2D eigenvalue weighted by Crippen LogP contribution is -1.91. The van der Waals surface area contributed by atoms with Gasteiger partial charge in [0.25, 0.3) is 0 Å². The fourth-order valence-electron chi connectivity index (χ4n) is 0.694. The zero-order chi connectivity index (χ0) is 8.10. The molecule has 0 amide bonds. The number of anilines is 1. The highest BCUT2D eigenvalue weighted by atomic mass is 14.7. The minimum Gasteiger partial charge on any atom is -0.396 e. The summed E-state index contributed by atoms with van der Waals surface area (Å²) in [5.41, 5.74) is 6.92. The van der Waals surface area contributed by atoms with Crippen molar-refractivity contribution in [1.82, 2.24) is 4.98 Å². The summed E-state index contributed by atoms with van der Waals surface area (Å²) in [6, 6.07) is 3.60. The van der Waals surface area contributed by atoms with Gasteiger partial charge in [0, 0.05) is 12.6 Å². The van der Waals surface area contributed by atoms with E-state index < -0.39 is 0 Å². The number of nitrogen functional groups attached to an aromatic ring is 1. The molecule has 1 aromatic heterocycles. The number of nitrogens with zero attached hydrogens (tertiary/aromatic N) is 1. The molecule has 0 radical (unpaired) electrons. The van der Waals surface area contributed by atoms with E-state index in [9.17, 15) is 0 Å². The Balaban J connectivity index is 2.95. The van der Waals surface area contributed by atoms with E-state index in [-0.39, 0.29) is 0 Å². The molecular weight excluding hydrogens is 136 g/mol.